The van der Waals surface area contributed by atoms with Gasteiger partial charge in [0, 0.05) is 12.1 Å². The van der Waals surface area contributed by atoms with Crippen molar-refractivity contribution in [2.75, 3.05) is 19.6 Å². The number of hydrogen-bond acceptors (Lipinski definition) is 5. The number of aliphatic imine (C=N–C) groups is 1. The summed E-state index contributed by atoms with van der Waals surface area (Å²) >= 11 is 0. The van der Waals surface area contributed by atoms with Crippen LogP contribution < -0.4 is 0 Å². The Morgan fingerprint density at radius 2 is 1.95 bits per heavy atom. The lowest BCUT2D eigenvalue weighted by molar-refractivity contribution is -0.144. The van der Waals surface area contributed by atoms with Crippen molar-refractivity contribution < 1.29 is 24.2 Å². The second kappa shape index (κ2) is 11.5. The molecule has 0 heterocycles. The van der Waals surface area contributed by atoms with Crippen molar-refractivity contribution in [2.24, 2.45) is 4.99 Å². The van der Waals surface area contributed by atoms with Gasteiger partial charge < -0.3 is 14.7 Å². The molecule has 22 heavy (non-hydrogen) atoms. The van der Waals surface area contributed by atoms with Crippen LogP contribution in [0.5, 0.6) is 0 Å². The third-order valence-corrected chi connectivity index (χ3v) is 2.92. The van der Waals surface area contributed by atoms with E-state index in [4.69, 9.17) is 9.84 Å². The number of carboxylic acid groups (broad SMARTS) is 1. The predicted molar refractivity (Wildman–Crippen MR) is 81.4 cm³/mol. The molecule has 1 N–H and O–H groups in total. The van der Waals surface area contributed by atoms with Gasteiger partial charge in [-0.05, 0) is 26.7 Å². The molecule has 124 valence electrons. The molecule has 7 nitrogen and oxygen atoms in total. The molecule has 1 unspecified atom stereocenters. The highest BCUT2D eigenvalue weighted by Gasteiger charge is 2.18. The van der Waals surface area contributed by atoms with Crippen molar-refractivity contribution in [2.45, 2.75) is 45.6 Å². The molecular formula is C15H24N2O5. The van der Waals surface area contributed by atoms with Crippen molar-refractivity contribution in [1.29, 1.82) is 0 Å². The van der Waals surface area contributed by atoms with Crippen molar-refractivity contribution in [3.05, 3.63) is 12.2 Å². The van der Waals surface area contributed by atoms with E-state index in [1.807, 2.05) is 0 Å². The summed E-state index contributed by atoms with van der Waals surface area (Å²) in [5, 5.41) is 9.15. The summed E-state index contributed by atoms with van der Waals surface area (Å²) in [6.45, 7) is 7.63. The first kappa shape index (κ1) is 19.9. The molecule has 0 bridgehead atoms. The highest BCUT2D eigenvalue weighted by atomic mass is 16.5. The molecule has 7 heteroatoms. The molecule has 0 fully saturated rings. The number of isocyanates is 1. The molecule has 1 amide bonds. The van der Waals surface area contributed by atoms with Crippen LogP contribution in [0.25, 0.3) is 0 Å². The van der Waals surface area contributed by atoms with Gasteiger partial charge in [-0.2, -0.15) is 0 Å². The summed E-state index contributed by atoms with van der Waals surface area (Å²) in [6, 6.07) is 0. The first-order valence-electron chi connectivity index (χ1n) is 7.26. The number of esters is 1. The topological polar surface area (TPSA) is 96.3 Å². The molecule has 0 spiro atoms. The Kier molecular flexibility index (Phi) is 10.4. The number of nitrogens with zero attached hydrogens (tertiary/aromatic N) is 2. The lowest BCUT2D eigenvalue weighted by Gasteiger charge is -2.23. The quantitative estimate of drug-likeness (QED) is 0.208. The zero-order valence-corrected chi connectivity index (χ0v) is 13.2. The fraction of sp³-hybridized carbons (Fsp3) is 0.667. The Hall–Kier alpha value is -2.14. The summed E-state index contributed by atoms with van der Waals surface area (Å²) in [5.74, 6) is -0.520. The molecule has 0 saturated heterocycles. The minimum absolute atomic E-state index is 0.129. The van der Waals surface area contributed by atoms with E-state index < -0.39 is 18.2 Å². The minimum atomic E-state index is -1.04. The number of amides is 1. The maximum atomic E-state index is 11.4. The number of carbonyl (C=O) groups is 2. The van der Waals surface area contributed by atoms with Crippen molar-refractivity contribution in [3.63, 3.8) is 0 Å². The van der Waals surface area contributed by atoms with Gasteiger partial charge in [-0.15, -0.1) is 0 Å². The summed E-state index contributed by atoms with van der Waals surface area (Å²) in [7, 11) is 0. The zero-order chi connectivity index (χ0) is 17.0. The highest BCUT2D eigenvalue weighted by Crippen LogP contribution is 2.06. The van der Waals surface area contributed by atoms with E-state index in [0.29, 0.717) is 19.5 Å². The second-order valence-electron chi connectivity index (χ2n) is 5.11. The number of ether oxygens (including phenoxy) is 1. The lowest BCUT2D eigenvalue weighted by atomic mass is 10.2. The number of carbonyl (C=O) groups excluding carboxylic acids is 2. The smallest absolute Gasteiger partial charge is 0.407 e. The van der Waals surface area contributed by atoms with Gasteiger partial charge in [0.1, 0.15) is 6.10 Å². The molecule has 0 aliphatic heterocycles. The zero-order valence-electron chi connectivity index (χ0n) is 13.2. The minimum Gasteiger partial charge on any atom is -0.465 e. The molecule has 0 aromatic rings. The van der Waals surface area contributed by atoms with Gasteiger partial charge in [0.2, 0.25) is 6.08 Å². The predicted octanol–water partition coefficient (Wildman–Crippen LogP) is 2.37. The normalized spacial score (nSPS) is 11.2. The van der Waals surface area contributed by atoms with Crippen LogP contribution in [0.3, 0.4) is 0 Å². The number of rotatable bonds is 11. The Morgan fingerprint density at radius 3 is 2.50 bits per heavy atom. The molecule has 0 saturated carbocycles. The molecule has 0 rings (SSSR count). The third-order valence-electron chi connectivity index (χ3n) is 2.92. The molecule has 0 aliphatic rings. The SMILES string of the molecule is C=C(C)C(=O)OC(C)CN(CCCCCCN=C=O)C(=O)O. The highest BCUT2D eigenvalue weighted by molar-refractivity contribution is 5.87. The maximum Gasteiger partial charge on any atom is 0.407 e. The van der Waals surface area contributed by atoms with E-state index in [0.717, 1.165) is 19.3 Å². The van der Waals surface area contributed by atoms with Crippen molar-refractivity contribution in [3.8, 4) is 0 Å². The van der Waals surface area contributed by atoms with Crippen LogP contribution in [0.2, 0.25) is 0 Å². The first-order valence-corrected chi connectivity index (χ1v) is 7.26. The van der Waals surface area contributed by atoms with Gasteiger partial charge in [0.05, 0.1) is 13.1 Å². The van der Waals surface area contributed by atoms with Crippen molar-refractivity contribution >= 4 is 18.1 Å². The van der Waals surface area contributed by atoms with Crippen LogP contribution in [-0.4, -0.2) is 53.9 Å². The molecule has 0 radical (unpaired) electrons. The van der Waals surface area contributed by atoms with Crippen LogP contribution in [0, 0.1) is 0 Å². The van der Waals surface area contributed by atoms with Crippen LogP contribution >= 0.6 is 0 Å². The summed E-state index contributed by atoms with van der Waals surface area (Å²) in [4.78, 5) is 37.1. The second-order valence-corrected chi connectivity index (χ2v) is 5.11. The number of unbranched alkanes of at least 4 members (excludes halogenated alkanes) is 3. The van der Waals surface area contributed by atoms with Gasteiger partial charge in [-0.3, -0.25) is 0 Å². The van der Waals surface area contributed by atoms with E-state index in [-0.39, 0.29) is 12.1 Å². The average Bonchev–Trinajstić information content (AvgIpc) is 2.44. The standard InChI is InChI=1S/C15H24N2O5/c1-12(2)14(19)22-13(3)10-17(15(20)21)9-7-5-4-6-8-16-11-18/h13H,1,4-10H2,2-3H3,(H,20,21). The van der Waals surface area contributed by atoms with E-state index in [2.05, 4.69) is 11.6 Å². The first-order chi connectivity index (χ1) is 10.4. The summed E-state index contributed by atoms with van der Waals surface area (Å²) in [5.41, 5.74) is 0.284. The molecule has 1 atom stereocenters. The maximum absolute atomic E-state index is 11.4. The fourth-order valence-electron chi connectivity index (χ4n) is 1.79. The Balaban J connectivity index is 4.05. The molecule has 0 aliphatic carbocycles. The average molecular weight is 312 g/mol. The monoisotopic (exact) mass is 312 g/mol. The van der Waals surface area contributed by atoms with Gasteiger partial charge in [0.25, 0.3) is 0 Å². The Labute approximate surface area is 130 Å². The van der Waals surface area contributed by atoms with Crippen LogP contribution in [0.4, 0.5) is 4.79 Å². The third kappa shape index (κ3) is 9.72. The Morgan fingerprint density at radius 1 is 1.32 bits per heavy atom. The van der Waals surface area contributed by atoms with Crippen LogP contribution in [0.1, 0.15) is 39.5 Å². The van der Waals surface area contributed by atoms with Gasteiger partial charge in [-0.25, -0.2) is 19.4 Å². The Bertz CT molecular complexity index is 430. The summed E-state index contributed by atoms with van der Waals surface area (Å²) < 4.78 is 5.07. The van der Waals surface area contributed by atoms with E-state index in [1.165, 1.54) is 11.0 Å². The van der Waals surface area contributed by atoms with E-state index in [9.17, 15) is 14.4 Å². The lowest BCUT2D eigenvalue weighted by Crippen LogP contribution is -2.38. The van der Waals surface area contributed by atoms with Gasteiger partial charge in [0.15, 0.2) is 0 Å². The fourth-order valence-corrected chi connectivity index (χ4v) is 1.79. The van der Waals surface area contributed by atoms with E-state index in [1.54, 1.807) is 13.8 Å². The molecular weight excluding hydrogens is 288 g/mol. The van der Waals surface area contributed by atoms with Gasteiger partial charge >= 0.3 is 12.1 Å². The van der Waals surface area contributed by atoms with Crippen LogP contribution in [-0.2, 0) is 14.3 Å². The van der Waals surface area contributed by atoms with E-state index >= 15 is 0 Å². The van der Waals surface area contributed by atoms with Crippen LogP contribution in [0.15, 0.2) is 17.1 Å². The summed E-state index contributed by atoms with van der Waals surface area (Å²) in [6.07, 6.45) is 3.13. The number of hydrogen-bond donors (Lipinski definition) is 1. The molecule has 0 aromatic carbocycles. The largest absolute Gasteiger partial charge is 0.465 e. The van der Waals surface area contributed by atoms with Gasteiger partial charge in [-0.1, -0.05) is 19.4 Å². The molecule has 0 aromatic heterocycles. The van der Waals surface area contributed by atoms with Crippen molar-refractivity contribution in [1.82, 2.24) is 4.90 Å².